The molecular weight excluding hydrogens is 432 g/mol. The minimum atomic E-state index is -0.826. The van der Waals surface area contributed by atoms with Gasteiger partial charge in [0.05, 0.1) is 12.8 Å². The minimum absolute atomic E-state index is 0.0277. The lowest BCUT2D eigenvalue weighted by Gasteiger charge is -1.98. The van der Waals surface area contributed by atoms with E-state index in [9.17, 15) is 9.59 Å². The van der Waals surface area contributed by atoms with Gasteiger partial charge in [0.1, 0.15) is 0 Å². The molecule has 0 saturated carbocycles. The molecule has 0 unspecified atom stereocenters. The Morgan fingerprint density at radius 2 is 1.04 bits per heavy atom. The summed E-state index contributed by atoms with van der Waals surface area (Å²) in [5.41, 5.74) is 1.68. The lowest BCUT2D eigenvalue weighted by atomic mass is 10.2. The fourth-order valence-electron chi connectivity index (χ4n) is 2.89. The molecule has 4 rings (SSSR count). The van der Waals surface area contributed by atoms with Gasteiger partial charge in [0.25, 0.3) is 0 Å². The highest BCUT2D eigenvalue weighted by Crippen LogP contribution is 2.43. The van der Waals surface area contributed by atoms with Crippen molar-refractivity contribution in [1.82, 2.24) is 0 Å². The third-order valence-electron chi connectivity index (χ3n) is 4.08. The molecule has 0 bridgehead atoms. The zero-order valence-electron chi connectivity index (χ0n) is 14.4. The highest BCUT2D eigenvalue weighted by atomic mass is 32.1. The normalized spacial score (nSPS) is 11.0. The molecule has 0 aliphatic carbocycles. The van der Waals surface area contributed by atoms with Crippen molar-refractivity contribution in [2.75, 3.05) is 0 Å². The zero-order chi connectivity index (χ0) is 19.7. The van der Waals surface area contributed by atoms with Gasteiger partial charge in [0.2, 0.25) is 0 Å². The molecule has 4 nitrogen and oxygen atoms in total. The number of rotatable bonds is 7. The van der Waals surface area contributed by atoms with Crippen LogP contribution in [-0.2, 0) is 22.4 Å². The Hall–Kier alpha value is -2.26. The summed E-state index contributed by atoms with van der Waals surface area (Å²) < 4.78 is 0. The smallest absolute Gasteiger partial charge is 0.307 e. The number of hydrogen-bond donors (Lipinski definition) is 2. The topological polar surface area (TPSA) is 74.6 Å². The summed E-state index contributed by atoms with van der Waals surface area (Å²) in [7, 11) is 0. The molecule has 0 saturated heterocycles. The number of carboxylic acid groups (broad SMARTS) is 2. The molecule has 28 heavy (non-hydrogen) atoms. The largest absolute Gasteiger partial charge is 0.481 e. The first-order valence-corrected chi connectivity index (χ1v) is 11.7. The molecule has 0 aliphatic heterocycles. The van der Waals surface area contributed by atoms with Crippen LogP contribution in [-0.4, -0.2) is 22.2 Å². The van der Waals surface area contributed by atoms with Crippen molar-refractivity contribution in [3.05, 3.63) is 58.3 Å². The molecule has 0 aliphatic rings. The molecule has 0 radical (unpaired) electrons. The predicted octanol–water partition coefficient (Wildman–Crippen LogP) is 6.19. The molecule has 8 heteroatoms. The summed E-state index contributed by atoms with van der Waals surface area (Å²) in [4.78, 5) is 28.5. The Labute approximate surface area is 177 Å². The molecule has 4 aromatic rings. The Bertz CT molecular complexity index is 1050. The Kier molecular flexibility index (Phi) is 5.45. The number of thiophene rings is 4. The summed E-state index contributed by atoms with van der Waals surface area (Å²) in [5, 5.41) is 22.0. The SMILES string of the molecule is O=C(O)Cc1ccsc1-c1ccc(-c2ccc(-c3sccc3CC(=O)O)s2)s1. The maximum absolute atomic E-state index is 11.1. The molecule has 4 heterocycles. The second-order valence-electron chi connectivity index (χ2n) is 6.02. The average molecular weight is 447 g/mol. The summed E-state index contributed by atoms with van der Waals surface area (Å²) in [5.74, 6) is -1.65. The molecule has 0 aromatic carbocycles. The Balaban J connectivity index is 1.61. The van der Waals surface area contributed by atoms with Crippen LogP contribution in [0.5, 0.6) is 0 Å². The quantitative estimate of drug-likeness (QED) is 0.355. The molecule has 0 amide bonds. The summed E-state index contributed by atoms with van der Waals surface area (Å²) >= 11 is 6.42. The van der Waals surface area contributed by atoms with Crippen LogP contribution in [0.1, 0.15) is 11.1 Å². The van der Waals surface area contributed by atoms with Crippen molar-refractivity contribution in [3.8, 4) is 29.3 Å². The third kappa shape index (κ3) is 3.95. The van der Waals surface area contributed by atoms with Gasteiger partial charge in [-0.25, -0.2) is 0 Å². The van der Waals surface area contributed by atoms with E-state index in [1.807, 2.05) is 35.0 Å². The van der Waals surface area contributed by atoms with E-state index < -0.39 is 11.9 Å². The van der Waals surface area contributed by atoms with Gasteiger partial charge in [-0.2, -0.15) is 0 Å². The molecular formula is C20H14O4S4. The van der Waals surface area contributed by atoms with Gasteiger partial charge in [-0.1, -0.05) is 0 Å². The van der Waals surface area contributed by atoms with Gasteiger partial charge in [-0.3, -0.25) is 9.59 Å². The van der Waals surface area contributed by atoms with E-state index in [0.29, 0.717) is 0 Å². The molecule has 2 N–H and O–H groups in total. The van der Waals surface area contributed by atoms with Crippen molar-refractivity contribution >= 4 is 57.3 Å². The van der Waals surface area contributed by atoms with E-state index in [4.69, 9.17) is 10.2 Å². The van der Waals surface area contributed by atoms with Gasteiger partial charge in [0, 0.05) is 29.3 Å². The third-order valence-corrected chi connectivity index (χ3v) is 8.72. The van der Waals surface area contributed by atoms with E-state index in [1.54, 1.807) is 45.3 Å². The first-order valence-electron chi connectivity index (χ1n) is 8.28. The summed E-state index contributed by atoms with van der Waals surface area (Å²) in [6.07, 6.45) is 0.0555. The fraction of sp³-hybridized carbons (Fsp3) is 0.100. The molecule has 0 spiro atoms. The Morgan fingerprint density at radius 1 is 0.643 bits per heavy atom. The van der Waals surface area contributed by atoms with E-state index in [2.05, 4.69) is 12.1 Å². The van der Waals surface area contributed by atoms with Gasteiger partial charge in [0.15, 0.2) is 0 Å². The van der Waals surface area contributed by atoms with Crippen LogP contribution >= 0.6 is 45.3 Å². The van der Waals surface area contributed by atoms with Crippen molar-refractivity contribution in [3.63, 3.8) is 0 Å². The lowest BCUT2D eigenvalue weighted by Crippen LogP contribution is -1.99. The summed E-state index contributed by atoms with van der Waals surface area (Å²) in [6, 6.07) is 11.9. The molecule has 0 fully saturated rings. The van der Waals surface area contributed by atoms with E-state index >= 15 is 0 Å². The Morgan fingerprint density at radius 3 is 1.43 bits per heavy atom. The maximum atomic E-state index is 11.1. The first kappa shape index (κ1) is 19.1. The van der Waals surface area contributed by atoms with Crippen LogP contribution < -0.4 is 0 Å². The minimum Gasteiger partial charge on any atom is -0.481 e. The number of carbonyl (C=O) groups is 2. The average Bonchev–Trinajstić information content (AvgIpc) is 3.40. The van der Waals surface area contributed by atoms with Gasteiger partial charge in [-0.15, -0.1) is 45.3 Å². The van der Waals surface area contributed by atoms with Crippen LogP contribution in [0, 0.1) is 0 Å². The van der Waals surface area contributed by atoms with Crippen LogP contribution in [0.2, 0.25) is 0 Å². The molecule has 0 atom stereocenters. The number of carboxylic acids is 2. The predicted molar refractivity (Wildman–Crippen MR) is 117 cm³/mol. The van der Waals surface area contributed by atoms with E-state index in [0.717, 1.165) is 40.4 Å². The highest BCUT2D eigenvalue weighted by Gasteiger charge is 2.16. The highest BCUT2D eigenvalue weighted by molar-refractivity contribution is 7.28. The van der Waals surface area contributed by atoms with Crippen molar-refractivity contribution in [2.45, 2.75) is 12.8 Å². The second kappa shape index (κ2) is 8.00. The fourth-order valence-corrected chi connectivity index (χ4v) is 7.17. The molecule has 4 aromatic heterocycles. The summed E-state index contributed by atoms with van der Waals surface area (Å²) in [6.45, 7) is 0. The standard InChI is InChI=1S/C20H14O4S4/c21-17(22)9-11-5-7-25-19(11)15-3-1-13(27-15)14-2-4-16(28-14)20-12(6-8-26-20)10-18(23)24/h1-8H,9-10H2,(H,21,22)(H,23,24). The van der Waals surface area contributed by atoms with Crippen LogP contribution in [0.15, 0.2) is 47.2 Å². The van der Waals surface area contributed by atoms with Crippen molar-refractivity contribution in [2.24, 2.45) is 0 Å². The van der Waals surface area contributed by atoms with E-state index in [-0.39, 0.29) is 12.8 Å². The van der Waals surface area contributed by atoms with Crippen LogP contribution in [0.25, 0.3) is 29.3 Å². The van der Waals surface area contributed by atoms with Crippen molar-refractivity contribution in [1.29, 1.82) is 0 Å². The molecule has 142 valence electrons. The van der Waals surface area contributed by atoms with Crippen molar-refractivity contribution < 1.29 is 19.8 Å². The zero-order valence-corrected chi connectivity index (χ0v) is 17.6. The number of hydrogen-bond acceptors (Lipinski definition) is 6. The monoisotopic (exact) mass is 446 g/mol. The first-order chi connectivity index (χ1) is 13.5. The maximum Gasteiger partial charge on any atom is 0.307 e. The van der Waals surface area contributed by atoms with Gasteiger partial charge < -0.3 is 10.2 Å². The lowest BCUT2D eigenvalue weighted by molar-refractivity contribution is -0.137. The second-order valence-corrected chi connectivity index (χ2v) is 10.0. The van der Waals surface area contributed by atoms with Crippen LogP contribution in [0.3, 0.4) is 0 Å². The van der Waals surface area contributed by atoms with Gasteiger partial charge >= 0.3 is 11.9 Å². The van der Waals surface area contributed by atoms with Gasteiger partial charge in [-0.05, 0) is 58.3 Å². The van der Waals surface area contributed by atoms with E-state index in [1.165, 1.54) is 0 Å². The van der Waals surface area contributed by atoms with Crippen LogP contribution in [0.4, 0.5) is 0 Å². The number of aliphatic carboxylic acids is 2.